The van der Waals surface area contributed by atoms with Gasteiger partial charge in [-0.05, 0) is 35.7 Å². The molecule has 5 nitrogen and oxygen atoms in total. The molecule has 1 saturated heterocycles. The number of halogens is 3. The maximum Gasteiger partial charge on any atom is 0.416 e. The average molecular weight is 392 g/mol. The van der Waals surface area contributed by atoms with Crippen LogP contribution in [-0.4, -0.2) is 37.6 Å². The van der Waals surface area contributed by atoms with Gasteiger partial charge in [0.05, 0.1) is 12.7 Å². The van der Waals surface area contributed by atoms with Gasteiger partial charge < -0.3 is 15.4 Å². The third-order valence-electron chi connectivity index (χ3n) is 4.65. The highest BCUT2D eigenvalue weighted by Gasteiger charge is 2.32. The molecule has 0 radical (unpaired) electrons. The first kappa shape index (κ1) is 19.9. The van der Waals surface area contributed by atoms with E-state index >= 15 is 0 Å². The lowest BCUT2D eigenvalue weighted by Crippen LogP contribution is -2.36. The normalized spacial score (nSPS) is 19.3. The number of methoxy groups -OCH3 is 1. The van der Waals surface area contributed by atoms with Crippen LogP contribution < -0.4 is 10.6 Å². The van der Waals surface area contributed by atoms with Crippen molar-refractivity contribution in [3.05, 3.63) is 59.7 Å². The summed E-state index contributed by atoms with van der Waals surface area (Å²) in [6.07, 6.45) is -4.01. The largest absolute Gasteiger partial charge is 0.468 e. The number of carbonyl (C=O) groups excluding carboxylic acids is 2. The summed E-state index contributed by atoms with van der Waals surface area (Å²) in [5.41, 5.74) is 0.646. The van der Waals surface area contributed by atoms with E-state index in [0.717, 1.165) is 12.1 Å². The zero-order chi connectivity index (χ0) is 20.3. The molecule has 3 rings (SSSR count). The summed E-state index contributed by atoms with van der Waals surface area (Å²) in [5, 5.41) is 5.85. The lowest BCUT2D eigenvalue weighted by Gasteiger charge is -2.15. The van der Waals surface area contributed by atoms with Crippen LogP contribution >= 0.6 is 0 Å². The van der Waals surface area contributed by atoms with E-state index in [1.165, 1.54) is 19.2 Å². The quantitative estimate of drug-likeness (QED) is 0.785. The number of hydrogen-bond donors (Lipinski definition) is 2. The predicted octanol–water partition coefficient (Wildman–Crippen LogP) is 3.01. The number of hydrogen-bond acceptors (Lipinski definition) is 4. The summed E-state index contributed by atoms with van der Waals surface area (Å²) in [5.74, 6) is -0.741. The molecule has 1 aliphatic rings. The zero-order valence-electron chi connectivity index (χ0n) is 15.0. The third-order valence-corrected chi connectivity index (χ3v) is 4.65. The molecular weight excluding hydrogens is 373 g/mol. The van der Waals surface area contributed by atoms with E-state index in [1.807, 2.05) is 0 Å². The molecule has 148 valence electrons. The second kappa shape index (κ2) is 8.02. The Morgan fingerprint density at radius 1 is 1.11 bits per heavy atom. The molecule has 8 heteroatoms. The SMILES string of the molecule is COC(=O)[C@@H]1C[C@@H](NC(=O)c2ccccc2-c2ccc(C(F)(F)F)cc2)CN1. The Labute approximate surface area is 159 Å². The number of alkyl halides is 3. The van der Waals surface area contributed by atoms with Crippen molar-refractivity contribution in [2.45, 2.75) is 24.7 Å². The molecule has 0 bridgehead atoms. The standard InChI is InChI=1S/C20H19F3N2O3/c1-28-19(27)17-10-14(11-24-17)25-18(26)16-5-3-2-4-15(16)12-6-8-13(9-7-12)20(21,22)23/h2-9,14,17,24H,10-11H2,1H3,(H,25,26)/t14-,17+/m1/s1. The van der Waals surface area contributed by atoms with Crippen molar-refractivity contribution >= 4 is 11.9 Å². The first-order valence-corrected chi connectivity index (χ1v) is 8.68. The number of rotatable bonds is 4. The fourth-order valence-electron chi connectivity index (χ4n) is 3.20. The molecule has 2 aromatic carbocycles. The van der Waals surface area contributed by atoms with Gasteiger partial charge in [-0.2, -0.15) is 13.2 Å². The molecule has 1 fully saturated rings. The second-order valence-electron chi connectivity index (χ2n) is 6.51. The van der Waals surface area contributed by atoms with Crippen molar-refractivity contribution in [3.63, 3.8) is 0 Å². The van der Waals surface area contributed by atoms with Gasteiger partial charge >= 0.3 is 12.1 Å². The van der Waals surface area contributed by atoms with E-state index in [1.54, 1.807) is 24.3 Å². The summed E-state index contributed by atoms with van der Waals surface area (Å²) in [6, 6.07) is 10.7. The highest BCUT2D eigenvalue weighted by Crippen LogP contribution is 2.31. The first-order valence-electron chi connectivity index (χ1n) is 8.68. The monoisotopic (exact) mass is 392 g/mol. The molecule has 28 heavy (non-hydrogen) atoms. The molecule has 0 unspecified atom stereocenters. The Morgan fingerprint density at radius 3 is 2.43 bits per heavy atom. The summed E-state index contributed by atoms with van der Waals surface area (Å²) >= 11 is 0. The molecule has 1 aliphatic heterocycles. The second-order valence-corrected chi connectivity index (χ2v) is 6.51. The molecule has 0 aliphatic carbocycles. The number of amides is 1. The molecule has 2 aromatic rings. The van der Waals surface area contributed by atoms with E-state index in [2.05, 4.69) is 15.4 Å². The van der Waals surface area contributed by atoms with Crippen LogP contribution in [0.3, 0.4) is 0 Å². The van der Waals surface area contributed by atoms with Crippen LogP contribution in [0.2, 0.25) is 0 Å². The topological polar surface area (TPSA) is 67.4 Å². The lowest BCUT2D eigenvalue weighted by molar-refractivity contribution is -0.142. The van der Waals surface area contributed by atoms with E-state index in [0.29, 0.717) is 29.7 Å². The number of esters is 1. The Morgan fingerprint density at radius 2 is 1.79 bits per heavy atom. The number of carbonyl (C=O) groups is 2. The molecular formula is C20H19F3N2O3. The van der Waals surface area contributed by atoms with E-state index in [-0.39, 0.29) is 17.9 Å². The van der Waals surface area contributed by atoms with Gasteiger partial charge in [-0.3, -0.25) is 9.59 Å². The Balaban J connectivity index is 1.77. The summed E-state index contributed by atoms with van der Waals surface area (Å²) in [4.78, 5) is 24.3. The number of benzene rings is 2. The van der Waals surface area contributed by atoms with Crippen LogP contribution in [-0.2, 0) is 15.7 Å². The highest BCUT2D eigenvalue weighted by molar-refractivity contribution is 6.01. The summed E-state index contributed by atoms with van der Waals surface area (Å²) in [7, 11) is 1.30. The molecule has 0 spiro atoms. The molecule has 1 heterocycles. The van der Waals surface area contributed by atoms with Crippen molar-refractivity contribution in [2.24, 2.45) is 0 Å². The lowest BCUT2D eigenvalue weighted by atomic mass is 9.98. The third kappa shape index (κ3) is 4.33. The molecule has 0 saturated carbocycles. The maximum atomic E-state index is 12.8. The molecule has 2 atom stereocenters. The van der Waals surface area contributed by atoms with Crippen molar-refractivity contribution in [2.75, 3.05) is 13.7 Å². The minimum Gasteiger partial charge on any atom is -0.468 e. The Hall–Kier alpha value is -2.87. The van der Waals surface area contributed by atoms with Gasteiger partial charge in [0.25, 0.3) is 5.91 Å². The number of nitrogens with one attached hydrogen (secondary N) is 2. The van der Waals surface area contributed by atoms with E-state index < -0.39 is 17.8 Å². The van der Waals surface area contributed by atoms with Crippen LogP contribution in [0.5, 0.6) is 0 Å². The van der Waals surface area contributed by atoms with Gasteiger partial charge in [-0.1, -0.05) is 30.3 Å². The van der Waals surface area contributed by atoms with Crippen LogP contribution in [0.15, 0.2) is 48.5 Å². The fourth-order valence-corrected chi connectivity index (χ4v) is 3.20. The van der Waals surface area contributed by atoms with Gasteiger partial charge in [-0.25, -0.2) is 0 Å². The van der Waals surface area contributed by atoms with Crippen molar-refractivity contribution in [1.29, 1.82) is 0 Å². The van der Waals surface area contributed by atoms with E-state index in [4.69, 9.17) is 0 Å². The Bertz CT molecular complexity index is 866. The smallest absolute Gasteiger partial charge is 0.416 e. The molecule has 1 amide bonds. The van der Waals surface area contributed by atoms with Crippen LogP contribution in [0, 0.1) is 0 Å². The first-order chi connectivity index (χ1) is 13.3. The summed E-state index contributed by atoms with van der Waals surface area (Å²) in [6.45, 7) is 0.425. The molecule has 2 N–H and O–H groups in total. The van der Waals surface area contributed by atoms with Gasteiger partial charge in [0, 0.05) is 18.2 Å². The van der Waals surface area contributed by atoms with Crippen LogP contribution in [0.25, 0.3) is 11.1 Å². The van der Waals surface area contributed by atoms with Crippen molar-refractivity contribution < 1.29 is 27.5 Å². The minimum atomic E-state index is -4.42. The maximum absolute atomic E-state index is 12.8. The predicted molar refractivity (Wildman–Crippen MR) is 96.6 cm³/mol. The average Bonchev–Trinajstić information content (AvgIpc) is 3.15. The fraction of sp³-hybridized carbons (Fsp3) is 0.300. The zero-order valence-corrected chi connectivity index (χ0v) is 15.0. The highest BCUT2D eigenvalue weighted by atomic mass is 19.4. The van der Waals surface area contributed by atoms with Gasteiger partial charge in [0.1, 0.15) is 6.04 Å². The summed E-state index contributed by atoms with van der Waals surface area (Å²) < 4.78 is 43.0. The van der Waals surface area contributed by atoms with Gasteiger partial charge in [0.15, 0.2) is 0 Å². The van der Waals surface area contributed by atoms with Gasteiger partial charge in [-0.15, -0.1) is 0 Å². The van der Waals surface area contributed by atoms with Crippen molar-refractivity contribution in [1.82, 2.24) is 10.6 Å². The number of ether oxygens (including phenoxy) is 1. The van der Waals surface area contributed by atoms with Crippen molar-refractivity contribution in [3.8, 4) is 11.1 Å². The Kier molecular flexibility index (Phi) is 5.69. The van der Waals surface area contributed by atoms with Crippen LogP contribution in [0.1, 0.15) is 22.3 Å². The minimum absolute atomic E-state index is 0.253. The van der Waals surface area contributed by atoms with Gasteiger partial charge in [0.2, 0.25) is 0 Å². The molecule has 0 aromatic heterocycles. The van der Waals surface area contributed by atoms with E-state index in [9.17, 15) is 22.8 Å². The van der Waals surface area contributed by atoms with Crippen LogP contribution in [0.4, 0.5) is 13.2 Å².